The summed E-state index contributed by atoms with van der Waals surface area (Å²) in [5, 5.41) is 12.4. The van der Waals surface area contributed by atoms with Gasteiger partial charge in [0.15, 0.2) is 0 Å². The van der Waals surface area contributed by atoms with Crippen LogP contribution < -0.4 is 5.32 Å². The predicted octanol–water partition coefficient (Wildman–Crippen LogP) is 2.91. The summed E-state index contributed by atoms with van der Waals surface area (Å²) in [7, 11) is 0. The molecule has 0 saturated heterocycles. The van der Waals surface area contributed by atoms with Crippen LogP contribution in [0.1, 0.15) is 22.7 Å². The standard InChI is InChI=1S/C16H17NO2/c1-12-7-5-6-10-14(12)11-17-15(16(18)19)13-8-3-2-4-9-13/h2-10,15,17H,11H2,1H3,(H,18,19). The maximum absolute atomic E-state index is 11.3. The fourth-order valence-electron chi connectivity index (χ4n) is 2.01. The van der Waals surface area contributed by atoms with Crippen molar-refractivity contribution in [2.24, 2.45) is 0 Å². The lowest BCUT2D eigenvalue weighted by molar-refractivity contribution is -0.139. The molecule has 0 aliphatic heterocycles. The molecule has 2 N–H and O–H groups in total. The molecule has 0 aromatic heterocycles. The Morgan fingerprint density at radius 1 is 1.11 bits per heavy atom. The predicted molar refractivity (Wildman–Crippen MR) is 74.8 cm³/mol. The fraction of sp³-hybridized carbons (Fsp3) is 0.188. The van der Waals surface area contributed by atoms with Gasteiger partial charge in [0.25, 0.3) is 0 Å². The lowest BCUT2D eigenvalue weighted by Crippen LogP contribution is -2.28. The summed E-state index contributed by atoms with van der Waals surface area (Å²) in [6, 6.07) is 16.5. The number of carboxylic acid groups (broad SMARTS) is 1. The normalized spacial score (nSPS) is 12.1. The van der Waals surface area contributed by atoms with Crippen LogP contribution in [0.5, 0.6) is 0 Å². The van der Waals surface area contributed by atoms with Crippen molar-refractivity contribution in [2.45, 2.75) is 19.5 Å². The summed E-state index contributed by atoms with van der Waals surface area (Å²) < 4.78 is 0. The minimum absolute atomic E-state index is 0.540. The number of hydrogen-bond acceptors (Lipinski definition) is 2. The first-order valence-corrected chi connectivity index (χ1v) is 6.24. The van der Waals surface area contributed by atoms with E-state index in [2.05, 4.69) is 5.32 Å². The summed E-state index contributed by atoms with van der Waals surface area (Å²) in [6.45, 7) is 2.56. The molecule has 0 spiro atoms. The summed E-state index contributed by atoms with van der Waals surface area (Å²) >= 11 is 0. The Bertz CT molecular complexity index is 552. The number of benzene rings is 2. The van der Waals surface area contributed by atoms with Crippen molar-refractivity contribution in [3.8, 4) is 0 Å². The molecule has 1 atom stereocenters. The Kier molecular flexibility index (Phi) is 4.31. The Morgan fingerprint density at radius 3 is 2.37 bits per heavy atom. The van der Waals surface area contributed by atoms with E-state index in [1.165, 1.54) is 0 Å². The first-order valence-electron chi connectivity index (χ1n) is 6.24. The van der Waals surface area contributed by atoms with Gasteiger partial charge in [0.1, 0.15) is 6.04 Å². The third kappa shape index (κ3) is 3.42. The van der Waals surface area contributed by atoms with Crippen molar-refractivity contribution in [3.05, 3.63) is 71.3 Å². The molecule has 3 heteroatoms. The van der Waals surface area contributed by atoms with E-state index in [4.69, 9.17) is 0 Å². The number of carboxylic acids is 1. The summed E-state index contributed by atoms with van der Waals surface area (Å²) in [6.07, 6.45) is 0. The highest BCUT2D eigenvalue weighted by Gasteiger charge is 2.18. The lowest BCUT2D eigenvalue weighted by Gasteiger charge is -2.15. The van der Waals surface area contributed by atoms with Crippen LogP contribution in [0.25, 0.3) is 0 Å². The fourth-order valence-corrected chi connectivity index (χ4v) is 2.01. The van der Waals surface area contributed by atoms with Gasteiger partial charge in [-0.2, -0.15) is 0 Å². The number of rotatable bonds is 5. The van der Waals surface area contributed by atoms with E-state index in [0.717, 1.165) is 16.7 Å². The number of nitrogens with one attached hydrogen (secondary N) is 1. The molecular weight excluding hydrogens is 238 g/mol. The van der Waals surface area contributed by atoms with Crippen molar-refractivity contribution in [3.63, 3.8) is 0 Å². The molecule has 2 rings (SSSR count). The molecule has 0 amide bonds. The molecule has 0 aliphatic carbocycles. The van der Waals surface area contributed by atoms with Crippen molar-refractivity contribution in [1.29, 1.82) is 0 Å². The Balaban J connectivity index is 2.11. The largest absolute Gasteiger partial charge is 0.480 e. The molecule has 19 heavy (non-hydrogen) atoms. The topological polar surface area (TPSA) is 49.3 Å². The highest BCUT2D eigenvalue weighted by atomic mass is 16.4. The third-order valence-corrected chi connectivity index (χ3v) is 3.14. The van der Waals surface area contributed by atoms with Crippen LogP contribution in [0.2, 0.25) is 0 Å². The monoisotopic (exact) mass is 255 g/mol. The van der Waals surface area contributed by atoms with Gasteiger partial charge in [0.05, 0.1) is 0 Å². The average molecular weight is 255 g/mol. The highest BCUT2D eigenvalue weighted by Crippen LogP contribution is 2.14. The zero-order valence-electron chi connectivity index (χ0n) is 10.8. The van der Waals surface area contributed by atoms with Crippen LogP contribution in [0.3, 0.4) is 0 Å². The molecule has 3 nitrogen and oxygen atoms in total. The van der Waals surface area contributed by atoms with E-state index in [9.17, 15) is 9.90 Å². The maximum Gasteiger partial charge on any atom is 0.325 e. The van der Waals surface area contributed by atoms with Crippen LogP contribution in [0.4, 0.5) is 0 Å². The van der Waals surface area contributed by atoms with Crippen molar-refractivity contribution >= 4 is 5.97 Å². The number of aliphatic carboxylic acids is 1. The van der Waals surface area contributed by atoms with Gasteiger partial charge in [-0.1, -0.05) is 54.6 Å². The van der Waals surface area contributed by atoms with Gasteiger partial charge in [0.2, 0.25) is 0 Å². The second-order valence-electron chi connectivity index (χ2n) is 4.49. The van der Waals surface area contributed by atoms with E-state index in [0.29, 0.717) is 6.54 Å². The molecule has 2 aromatic carbocycles. The summed E-state index contributed by atoms with van der Waals surface area (Å²) in [5.41, 5.74) is 3.04. The van der Waals surface area contributed by atoms with Gasteiger partial charge in [-0.15, -0.1) is 0 Å². The van der Waals surface area contributed by atoms with Crippen molar-refractivity contribution in [1.82, 2.24) is 5.32 Å². The number of hydrogen-bond donors (Lipinski definition) is 2. The second kappa shape index (κ2) is 6.16. The van der Waals surface area contributed by atoms with Gasteiger partial charge in [0, 0.05) is 6.54 Å². The minimum atomic E-state index is -0.861. The Hall–Kier alpha value is -2.13. The summed E-state index contributed by atoms with van der Waals surface area (Å²) in [4.78, 5) is 11.3. The van der Waals surface area contributed by atoms with Crippen LogP contribution in [0, 0.1) is 6.92 Å². The van der Waals surface area contributed by atoms with E-state index >= 15 is 0 Å². The second-order valence-corrected chi connectivity index (χ2v) is 4.49. The smallest absolute Gasteiger partial charge is 0.325 e. The van der Waals surface area contributed by atoms with Crippen molar-refractivity contribution in [2.75, 3.05) is 0 Å². The van der Waals surface area contributed by atoms with Gasteiger partial charge in [-0.05, 0) is 23.6 Å². The lowest BCUT2D eigenvalue weighted by atomic mass is 10.1. The van der Waals surface area contributed by atoms with Gasteiger partial charge in [-0.3, -0.25) is 10.1 Å². The maximum atomic E-state index is 11.3. The Labute approximate surface area is 112 Å². The molecule has 0 radical (unpaired) electrons. The van der Waals surface area contributed by atoms with Crippen LogP contribution in [-0.4, -0.2) is 11.1 Å². The number of carbonyl (C=O) groups is 1. The first-order chi connectivity index (χ1) is 9.18. The SMILES string of the molecule is Cc1ccccc1CNC(C(=O)O)c1ccccc1. The van der Waals surface area contributed by atoms with Gasteiger partial charge >= 0.3 is 5.97 Å². The zero-order valence-corrected chi connectivity index (χ0v) is 10.8. The van der Waals surface area contributed by atoms with Crippen LogP contribution in [0.15, 0.2) is 54.6 Å². The van der Waals surface area contributed by atoms with E-state index in [1.807, 2.05) is 61.5 Å². The molecule has 2 aromatic rings. The van der Waals surface area contributed by atoms with E-state index in [1.54, 1.807) is 0 Å². The van der Waals surface area contributed by atoms with E-state index < -0.39 is 12.0 Å². The molecule has 0 heterocycles. The molecule has 0 saturated carbocycles. The van der Waals surface area contributed by atoms with Gasteiger partial charge in [-0.25, -0.2) is 0 Å². The average Bonchev–Trinajstić information content (AvgIpc) is 2.42. The van der Waals surface area contributed by atoms with Crippen molar-refractivity contribution < 1.29 is 9.90 Å². The molecule has 98 valence electrons. The van der Waals surface area contributed by atoms with E-state index in [-0.39, 0.29) is 0 Å². The quantitative estimate of drug-likeness (QED) is 0.863. The summed E-state index contributed by atoms with van der Waals surface area (Å²) in [5.74, 6) is -0.861. The molecule has 0 aliphatic rings. The number of aryl methyl sites for hydroxylation is 1. The van der Waals surface area contributed by atoms with Crippen LogP contribution >= 0.6 is 0 Å². The van der Waals surface area contributed by atoms with Gasteiger partial charge < -0.3 is 5.11 Å². The zero-order chi connectivity index (χ0) is 13.7. The first kappa shape index (κ1) is 13.3. The minimum Gasteiger partial charge on any atom is -0.480 e. The molecular formula is C16H17NO2. The molecule has 1 unspecified atom stereocenters. The Morgan fingerprint density at radius 2 is 1.74 bits per heavy atom. The van der Waals surface area contributed by atoms with Crippen LogP contribution in [-0.2, 0) is 11.3 Å². The molecule has 0 bridgehead atoms. The third-order valence-electron chi connectivity index (χ3n) is 3.14. The molecule has 0 fully saturated rings. The highest BCUT2D eigenvalue weighted by molar-refractivity contribution is 5.75.